The van der Waals surface area contributed by atoms with Gasteiger partial charge in [0.25, 0.3) is 0 Å². The lowest BCUT2D eigenvalue weighted by atomic mass is 10.0. The van der Waals surface area contributed by atoms with Crippen LogP contribution in [0.3, 0.4) is 0 Å². The van der Waals surface area contributed by atoms with Crippen LogP contribution in [0.4, 0.5) is 11.4 Å². The van der Waals surface area contributed by atoms with E-state index in [1.54, 1.807) is 4.90 Å². The van der Waals surface area contributed by atoms with Gasteiger partial charge in [0.05, 0.1) is 6.61 Å². The first-order chi connectivity index (χ1) is 12.8. The highest BCUT2D eigenvalue weighted by molar-refractivity contribution is 5.95. The molecule has 2 aromatic carbocycles. The second kappa shape index (κ2) is 9.21. The number of anilines is 2. The second-order valence-electron chi connectivity index (χ2n) is 6.67. The van der Waals surface area contributed by atoms with Crippen LogP contribution in [0.15, 0.2) is 36.4 Å². The quantitative estimate of drug-likeness (QED) is 0.788. The van der Waals surface area contributed by atoms with Crippen molar-refractivity contribution in [2.75, 3.05) is 23.4 Å². The molecule has 0 atom stereocenters. The fourth-order valence-electron chi connectivity index (χ4n) is 3.15. The lowest BCUT2D eigenvalue weighted by Gasteiger charge is -2.21. The number of hydrogen-bond acceptors (Lipinski definition) is 3. The summed E-state index contributed by atoms with van der Waals surface area (Å²) < 4.78 is 5.43. The maximum absolute atomic E-state index is 12.4. The molecule has 27 heavy (non-hydrogen) atoms. The second-order valence-corrected chi connectivity index (χ2v) is 6.67. The van der Waals surface area contributed by atoms with Crippen LogP contribution < -0.4 is 15.0 Å². The molecule has 2 amide bonds. The Morgan fingerprint density at radius 1 is 1.04 bits per heavy atom. The van der Waals surface area contributed by atoms with Crippen molar-refractivity contribution in [2.24, 2.45) is 0 Å². The molecule has 1 N–H and O–H groups in total. The molecule has 0 aliphatic heterocycles. The van der Waals surface area contributed by atoms with Gasteiger partial charge >= 0.3 is 0 Å². The molecule has 0 radical (unpaired) electrons. The van der Waals surface area contributed by atoms with E-state index in [0.29, 0.717) is 13.2 Å². The lowest BCUT2D eigenvalue weighted by molar-refractivity contribution is -0.117. The zero-order chi connectivity index (χ0) is 20.0. The van der Waals surface area contributed by atoms with Gasteiger partial charge in [0.2, 0.25) is 11.8 Å². The highest BCUT2D eigenvalue weighted by Gasteiger charge is 2.15. The average Bonchev–Trinajstić information content (AvgIpc) is 2.59. The summed E-state index contributed by atoms with van der Waals surface area (Å²) in [7, 11) is 0. The van der Waals surface area contributed by atoms with Crippen LogP contribution in [0.1, 0.15) is 37.0 Å². The van der Waals surface area contributed by atoms with Crippen LogP contribution >= 0.6 is 0 Å². The zero-order valence-corrected chi connectivity index (χ0v) is 16.8. The minimum atomic E-state index is -0.109. The van der Waals surface area contributed by atoms with E-state index in [4.69, 9.17) is 4.74 Å². The first-order valence-corrected chi connectivity index (χ1v) is 9.20. The monoisotopic (exact) mass is 368 g/mol. The molecule has 0 saturated heterocycles. The number of carbonyl (C=O) groups excluding carboxylic acids is 2. The number of aryl methyl sites for hydroxylation is 3. The normalized spacial score (nSPS) is 10.4. The zero-order valence-electron chi connectivity index (χ0n) is 16.8. The van der Waals surface area contributed by atoms with Crippen LogP contribution in [-0.4, -0.2) is 25.0 Å². The Morgan fingerprint density at radius 3 is 2.15 bits per heavy atom. The molecule has 0 heterocycles. The van der Waals surface area contributed by atoms with Crippen molar-refractivity contribution in [3.05, 3.63) is 53.1 Å². The summed E-state index contributed by atoms with van der Waals surface area (Å²) in [5, 5.41) is 2.98. The maximum Gasteiger partial charge on any atom is 0.226 e. The Morgan fingerprint density at radius 2 is 1.63 bits per heavy atom. The van der Waals surface area contributed by atoms with Gasteiger partial charge in [-0.05, 0) is 63.1 Å². The van der Waals surface area contributed by atoms with Gasteiger partial charge < -0.3 is 15.0 Å². The van der Waals surface area contributed by atoms with Gasteiger partial charge in [-0.15, -0.1) is 0 Å². The van der Waals surface area contributed by atoms with E-state index in [1.807, 2.05) is 64.1 Å². The third-order valence-corrected chi connectivity index (χ3v) is 4.34. The predicted molar refractivity (Wildman–Crippen MR) is 110 cm³/mol. The van der Waals surface area contributed by atoms with Gasteiger partial charge in [0.1, 0.15) is 5.75 Å². The maximum atomic E-state index is 12.4. The third-order valence-electron chi connectivity index (χ3n) is 4.34. The molecule has 0 fully saturated rings. The number of ether oxygens (including phenoxy) is 1. The molecule has 0 unspecified atom stereocenters. The molecule has 0 aliphatic carbocycles. The summed E-state index contributed by atoms with van der Waals surface area (Å²) in [6.45, 7) is 10.3. The van der Waals surface area contributed by atoms with Crippen LogP contribution in [0.2, 0.25) is 0 Å². The SMILES string of the molecule is CCOc1ccc(N(CCC(=O)Nc2c(C)cc(C)cc2C)C(C)=O)cc1. The average molecular weight is 368 g/mol. The Kier molecular flexibility index (Phi) is 6.99. The van der Waals surface area contributed by atoms with E-state index in [0.717, 1.165) is 28.3 Å². The van der Waals surface area contributed by atoms with Crippen molar-refractivity contribution >= 4 is 23.2 Å². The molecule has 0 bridgehead atoms. The van der Waals surface area contributed by atoms with E-state index in [-0.39, 0.29) is 18.2 Å². The van der Waals surface area contributed by atoms with Crippen molar-refractivity contribution in [1.29, 1.82) is 0 Å². The summed E-state index contributed by atoms with van der Waals surface area (Å²) in [6.07, 6.45) is 0.222. The third kappa shape index (κ3) is 5.58. The van der Waals surface area contributed by atoms with Gasteiger partial charge in [-0.1, -0.05) is 17.7 Å². The molecule has 0 spiro atoms. The smallest absolute Gasteiger partial charge is 0.226 e. The number of benzene rings is 2. The first kappa shape index (κ1) is 20.5. The van der Waals surface area contributed by atoms with Crippen LogP contribution in [0.25, 0.3) is 0 Å². The fraction of sp³-hybridized carbons (Fsp3) is 0.364. The lowest BCUT2D eigenvalue weighted by Crippen LogP contribution is -2.32. The van der Waals surface area contributed by atoms with Gasteiger partial charge in [-0.3, -0.25) is 9.59 Å². The Balaban J connectivity index is 2.03. The van der Waals surface area contributed by atoms with Crippen LogP contribution in [-0.2, 0) is 9.59 Å². The number of rotatable bonds is 7. The topological polar surface area (TPSA) is 58.6 Å². The minimum absolute atomic E-state index is 0.102. The molecule has 0 aromatic heterocycles. The standard InChI is InChI=1S/C22H28N2O3/c1-6-27-20-9-7-19(8-10-20)24(18(5)25)12-11-21(26)23-22-16(3)13-15(2)14-17(22)4/h7-10,13-14H,6,11-12H2,1-5H3,(H,23,26). The fourth-order valence-corrected chi connectivity index (χ4v) is 3.15. The summed E-state index contributed by atoms with van der Waals surface area (Å²) in [4.78, 5) is 26.1. The number of nitrogens with zero attached hydrogens (tertiary/aromatic N) is 1. The first-order valence-electron chi connectivity index (χ1n) is 9.20. The molecule has 0 aliphatic rings. The van der Waals surface area contributed by atoms with Crippen molar-refractivity contribution in [3.8, 4) is 5.75 Å². The molecule has 5 nitrogen and oxygen atoms in total. The summed E-state index contributed by atoms with van der Waals surface area (Å²) in [5.74, 6) is 0.546. The predicted octanol–water partition coefficient (Wildman–Crippen LogP) is 4.39. The minimum Gasteiger partial charge on any atom is -0.494 e. The van der Waals surface area contributed by atoms with E-state index in [9.17, 15) is 9.59 Å². The van der Waals surface area contributed by atoms with Crippen LogP contribution in [0.5, 0.6) is 5.75 Å². The van der Waals surface area contributed by atoms with E-state index >= 15 is 0 Å². The number of hydrogen-bond donors (Lipinski definition) is 1. The Hall–Kier alpha value is -2.82. The number of carbonyl (C=O) groups is 2. The van der Waals surface area contributed by atoms with Gasteiger partial charge in [0, 0.05) is 31.3 Å². The highest BCUT2D eigenvalue weighted by atomic mass is 16.5. The number of amides is 2. The van der Waals surface area contributed by atoms with Crippen molar-refractivity contribution in [1.82, 2.24) is 0 Å². The van der Waals surface area contributed by atoms with E-state index in [1.165, 1.54) is 12.5 Å². The Labute approximate surface area is 161 Å². The summed E-state index contributed by atoms with van der Waals surface area (Å²) in [5.41, 5.74) is 4.84. The molecule has 5 heteroatoms. The molecular formula is C22H28N2O3. The van der Waals surface area contributed by atoms with Crippen molar-refractivity contribution in [3.63, 3.8) is 0 Å². The summed E-state index contributed by atoms with van der Waals surface area (Å²) in [6, 6.07) is 11.4. The highest BCUT2D eigenvalue weighted by Crippen LogP contribution is 2.23. The molecule has 2 rings (SSSR count). The molecular weight excluding hydrogens is 340 g/mol. The van der Waals surface area contributed by atoms with E-state index in [2.05, 4.69) is 5.32 Å². The summed E-state index contributed by atoms with van der Waals surface area (Å²) >= 11 is 0. The van der Waals surface area contributed by atoms with Crippen molar-refractivity contribution < 1.29 is 14.3 Å². The largest absolute Gasteiger partial charge is 0.494 e. The molecule has 144 valence electrons. The van der Waals surface area contributed by atoms with Crippen molar-refractivity contribution in [2.45, 2.75) is 41.0 Å². The van der Waals surface area contributed by atoms with Gasteiger partial charge in [0.15, 0.2) is 0 Å². The van der Waals surface area contributed by atoms with E-state index < -0.39 is 0 Å². The van der Waals surface area contributed by atoms with Crippen LogP contribution in [0, 0.1) is 20.8 Å². The molecule has 2 aromatic rings. The van der Waals surface area contributed by atoms with Gasteiger partial charge in [-0.2, -0.15) is 0 Å². The van der Waals surface area contributed by atoms with Gasteiger partial charge in [-0.25, -0.2) is 0 Å². The molecule has 0 saturated carbocycles. The Bertz CT molecular complexity index is 790. The number of nitrogens with one attached hydrogen (secondary N) is 1.